The lowest BCUT2D eigenvalue weighted by Crippen LogP contribution is -2.15. The van der Waals surface area contributed by atoms with Crippen molar-refractivity contribution in [3.8, 4) is 0 Å². The molecule has 5 heteroatoms. The molecule has 0 amide bonds. The van der Waals surface area contributed by atoms with E-state index in [4.69, 9.17) is 0 Å². The molecule has 2 aromatic rings. The normalized spacial score (nSPS) is 10.9. The number of rotatable bonds is 6. The highest BCUT2D eigenvalue weighted by molar-refractivity contribution is 7.09. The molecule has 0 aliphatic heterocycles. The van der Waals surface area contributed by atoms with Gasteiger partial charge in [-0.1, -0.05) is 6.92 Å². The van der Waals surface area contributed by atoms with Crippen LogP contribution in [0.3, 0.4) is 0 Å². The highest BCUT2D eigenvalue weighted by atomic mass is 32.1. The predicted molar refractivity (Wildman–Crippen MR) is 69.9 cm³/mol. The Morgan fingerprint density at radius 3 is 3.00 bits per heavy atom. The summed E-state index contributed by atoms with van der Waals surface area (Å²) in [6, 6.07) is 0. The van der Waals surface area contributed by atoms with Gasteiger partial charge in [-0.15, -0.1) is 11.3 Å². The summed E-state index contributed by atoms with van der Waals surface area (Å²) in [7, 11) is 0. The Kier molecular flexibility index (Phi) is 4.28. The maximum Gasteiger partial charge on any atom is 0.107 e. The molecule has 0 fully saturated rings. The molecule has 0 bridgehead atoms. The lowest BCUT2D eigenvalue weighted by atomic mass is 10.4. The minimum atomic E-state index is 0.829. The van der Waals surface area contributed by atoms with Crippen LogP contribution in [0.25, 0.3) is 0 Å². The van der Waals surface area contributed by atoms with Crippen LogP contribution in [-0.2, 0) is 19.6 Å². The maximum atomic E-state index is 4.42. The first kappa shape index (κ1) is 12.3. The van der Waals surface area contributed by atoms with Crippen LogP contribution in [0, 0.1) is 6.92 Å². The largest absolute Gasteiger partial charge is 0.333 e. The van der Waals surface area contributed by atoms with E-state index in [0.29, 0.717) is 0 Å². The van der Waals surface area contributed by atoms with Gasteiger partial charge in [-0.3, -0.25) is 0 Å². The smallest absolute Gasteiger partial charge is 0.107 e. The van der Waals surface area contributed by atoms with Crippen LogP contribution < -0.4 is 5.32 Å². The topological polar surface area (TPSA) is 42.7 Å². The van der Waals surface area contributed by atoms with Gasteiger partial charge in [0.05, 0.1) is 12.0 Å². The summed E-state index contributed by atoms with van der Waals surface area (Å²) in [4.78, 5) is 8.60. The molecule has 2 heterocycles. The molecule has 0 aliphatic carbocycles. The van der Waals surface area contributed by atoms with Crippen LogP contribution in [0.5, 0.6) is 0 Å². The fourth-order valence-electron chi connectivity index (χ4n) is 1.72. The Morgan fingerprint density at radius 2 is 2.29 bits per heavy atom. The van der Waals surface area contributed by atoms with E-state index in [1.54, 1.807) is 11.3 Å². The number of hydrogen-bond acceptors (Lipinski definition) is 4. The van der Waals surface area contributed by atoms with E-state index >= 15 is 0 Å². The standard InChI is InChI=1S/C12H18N4S/c1-3-4-16-9-14-6-11(16)5-13-7-12-15-10(2)8-17-12/h6,8-9,13H,3-5,7H2,1-2H3. The Balaban J connectivity index is 1.83. The summed E-state index contributed by atoms with van der Waals surface area (Å²) >= 11 is 1.71. The average Bonchev–Trinajstić information content (AvgIpc) is 2.90. The minimum absolute atomic E-state index is 0.829. The van der Waals surface area contributed by atoms with Crippen molar-refractivity contribution >= 4 is 11.3 Å². The lowest BCUT2D eigenvalue weighted by molar-refractivity contribution is 0.600. The van der Waals surface area contributed by atoms with E-state index in [1.165, 1.54) is 5.69 Å². The first-order valence-corrected chi connectivity index (χ1v) is 6.78. The molecule has 92 valence electrons. The molecule has 2 aromatic heterocycles. The van der Waals surface area contributed by atoms with Crippen molar-refractivity contribution in [1.82, 2.24) is 19.9 Å². The predicted octanol–water partition coefficient (Wildman–Crippen LogP) is 2.35. The molecular formula is C12H18N4S. The first-order valence-electron chi connectivity index (χ1n) is 5.90. The molecule has 1 N–H and O–H groups in total. The summed E-state index contributed by atoms with van der Waals surface area (Å²) in [5.74, 6) is 0. The molecule has 0 atom stereocenters. The number of nitrogens with one attached hydrogen (secondary N) is 1. The van der Waals surface area contributed by atoms with Gasteiger partial charge in [-0.05, 0) is 13.3 Å². The van der Waals surface area contributed by atoms with Crippen LogP contribution in [0.1, 0.15) is 29.7 Å². The van der Waals surface area contributed by atoms with Gasteiger partial charge >= 0.3 is 0 Å². The van der Waals surface area contributed by atoms with Crippen molar-refractivity contribution in [3.05, 3.63) is 34.3 Å². The maximum absolute atomic E-state index is 4.42. The van der Waals surface area contributed by atoms with Gasteiger partial charge in [0.1, 0.15) is 5.01 Å². The highest BCUT2D eigenvalue weighted by Gasteiger charge is 2.02. The summed E-state index contributed by atoms with van der Waals surface area (Å²) in [5, 5.41) is 6.63. The van der Waals surface area contributed by atoms with Crippen molar-refractivity contribution in [2.24, 2.45) is 0 Å². The molecular weight excluding hydrogens is 232 g/mol. The van der Waals surface area contributed by atoms with Gasteiger partial charge in [0.15, 0.2) is 0 Å². The molecule has 0 unspecified atom stereocenters. The molecule has 2 rings (SSSR count). The summed E-state index contributed by atoms with van der Waals surface area (Å²) < 4.78 is 2.19. The van der Waals surface area contributed by atoms with E-state index in [-0.39, 0.29) is 0 Å². The Morgan fingerprint density at radius 1 is 1.41 bits per heavy atom. The van der Waals surface area contributed by atoms with Gasteiger partial charge in [0.2, 0.25) is 0 Å². The fourth-order valence-corrected chi connectivity index (χ4v) is 2.46. The molecule has 0 spiro atoms. The monoisotopic (exact) mass is 250 g/mol. The van der Waals surface area contributed by atoms with Crippen molar-refractivity contribution in [3.63, 3.8) is 0 Å². The zero-order valence-electron chi connectivity index (χ0n) is 10.3. The van der Waals surface area contributed by atoms with Crippen LogP contribution in [0.2, 0.25) is 0 Å². The molecule has 0 aliphatic rings. The van der Waals surface area contributed by atoms with Crippen molar-refractivity contribution < 1.29 is 0 Å². The van der Waals surface area contributed by atoms with Crippen LogP contribution in [0.4, 0.5) is 0 Å². The second-order valence-corrected chi connectivity index (χ2v) is 5.01. The second kappa shape index (κ2) is 5.93. The van der Waals surface area contributed by atoms with Gasteiger partial charge in [-0.25, -0.2) is 9.97 Å². The van der Waals surface area contributed by atoms with Crippen LogP contribution in [-0.4, -0.2) is 14.5 Å². The van der Waals surface area contributed by atoms with E-state index in [0.717, 1.165) is 36.8 Å². The molecule has 0 aromatic carbocycles. The number of imidazole rings is 1. The van der Waals surface area contributed by atoms with Gasteiger partial charge < -0.3 is 9.88 Å². The number of nitrogens with zero attached hydrogens (tertiary/aromatic N) is 3. The summed E-state index contributed by atoms with van der Waals surface area (Å²) in [6.45, 7) is 6.91. The SMILES string of the molecule is CCCn1cncc1CNCc1nc(C)cs1. The van der Waals surface area contributed by atoms with Crippen LogP contribution in [0.15, 0.2) is 17.9 Å². The minimum Gasteiger partial charge on any atom is -0.333 e. The first-order chi connectivity index (χ1) is 8.29. The zero-order chi connectivity index (χ0) is 12.1. The third-order valence-electron chi connectivity index (χ3n) is 2.51. The Bertz CT molecular complexity index is 461. The molecule has 0 saturated heterocycles. The van der Waals surface area contributed by atoms with Gasteiger partial charge in [0, 0.05) is 36.9 Å². The summed E-state index contributed by atoms with van der Waals surface area (Å²) in [6.07, 6.45) is 4.96. The Labute approximate surface area is 106 Å². The number of thiazole rings is 1. The number of aryl methyl sites for hydroxylation is 2. The molecule has 0 radical (unpaired) electrons. The molecule has 0 saturated carbocycles. The van der Waals surface area contributed by atoms with Crippen molar-refractivity contribution in [2.45, 2.75) is 39.9 Å². The average molecular weight is 250 g/mol. The van der Waals surface area contributed by atoms with Crippen LogP contribution >= 0.6 is 11.3 Å². The quantitative estimate of drug-likeness (QED) is 0.855. The van der Waals surface area contributed by atoms with Crippen molar-refractivity contribution in [1.29, 1.82) is 0 Å². The number of aromatic nitrogens is 3. The summed E-state index contributed by atoms with van der Waals surface area (Å²) in [5.41, 5.74) is 2.34. The van der Waals surface area contributed by atoms with Gasteiger partial charge in [0.25, 0.3) is 0 Å². The molecule has 17 heavy (non-hydrogen) atoms. The number of hydrogen-bond donors (Lipinski definition) is 1. The third-order valence-corrected chi connectivity index (χ3v) is 3.48. The van der Waals surface area contributed by atoms with E-state index < -0.39 is 0 Å². The highest BCUT2D eigenvalue weighted by Crippen LogP contribution is 2.08. The zero-order valence-corrected chi connectivity index (χ0v) is 11.1. The molecule has 4 nitrogen and oxygen atoms in total. The Hall–Kier alpha value is -1.20. The van der Waals surface area contributed by atoms with E-state index in [2.05, 4.69) is 32.2 Å². The third kappa shape index (κ3) is 3.38. The van der Waals surface area contributed by atoms with Gasteiger partial charge in [-0.2, -0.15) is 0 Å². The van der Waals surface area contributed by atoms with E-state index in [9.17, 15) is 0 Å². The lowest BCUT2D eigenvalue weighted by Gasteiger charge is -2.06. The van der Waals surface area contributed by atoms with E-state index in [1.807, 2.05) is 19.4 Å². The second-order valence-electron chi connectivity index (χ2n) is 4.06. The van der Waals surface area contributed by atoms with Crippen molar-refractivity contribution in [2.75, 3.05) is 0 Å². The fraction of sp³-hybridized carbons (Fsp3) is 0.500.